The molecule has 2 aromatic heterocycles. The van der Waals surface area contributed by atoms with Crippen molar-refractivity contribution >= 4 is 16.9 Å². The molecule has 1 aliphatic carbocycles. The zero-order chi connectivity index (χ0) is 15.6. The Labute approximate surface area is 134 Å². The Balaban J connectivity index is 1.67. The van der Waals surface area contributed by atoms with Crippen molar-refractivity contribution in [2.45, 2.75) is 38.1 Å². The molecule has 1 aliphatic rings. The molecule has 0 saturated heterocycles. The fourth-order valence-corrected chi connectivity index (χ4v) is 3.40. The van der Waals surface area contributed by atoms with Crippen LogP contribution in [0.3, 0.4) is 0 Å². The number of amides is 1. The second kappa shape index (κ2) is 5.91. The van der Waals surface area contributed by atoms with Crippen LogP contribution in [0.2, 0.25) is 0 Å². The first-order valence-electron chi connectivity index (χ1n) is 8.13. The minimum absolute atomic E-state index is 0.0457. The van der Waals surface area contributed by atoms with Crippen molar-refractivity contribution in [3.05, 3.63) is 42.4 Å². The van der Waals surface area contributed by atoms with E-state index >= 15 is 0 Å². The second-order valence-electron chi connectivity index (χ2n) is 6.12. The number of nitrogens with one attached hydrogen (secondary N) is 2. The summed E-state index contributed by atoms with van der Waals surface area (Å²) in [4.78, 5) is 12.6. The molecule has 5 heteroatoms. The Morgan fingerprint density at radius 1 is 1.22 bits per heavy atom. The van der Waals surface area contributed by atoms with E-state index in [9.17, 15) is 4.79 Å². The molecule has 1 amide bonds. The molecule has 0 bridgehead atoms. The van der Waals surface area contributed by atoms with Gasteiger partial charge in [0.25, 0.3) is 5.91 Å². The van der Waals surface area contributed by atoms with Gasteiger partial charge in [-0.2, -0.15) is 5.10 Å². The number of carbonyl (C=O) groups excluding carboxylic acids is 1. The Morgan fingerprint density at radius 3 is 2.87 bits per heavy atom. The summed E-state index contributed by atoms with van der Waals surface area (Å²) in [5.41, 5.74) is 3.23. The van der Waals surface area contributed by atoms with Gasteiger partial charge in [0.05, 0.1) is 18.0 Å². The molecule has 118 valence electrons. The first kappa shape index (κ1) is 14.1. The third-order valence-electron chi connectivity index (χ3n) is 4.61. The Hall–Kier alpha value is -2.56. The maximum absolute atomic E-state index is 12.6. The largest absolute Gasteiger partial charge is 0.463 e. The molecule has 4 rings (SSSR count). The van der Waals surface area contributed by atoms with E-state index < -0.39 is 0 Å². The van der Waals surface area contributed by atoms with Gasteiger partial charge in [0.1, 0.15) is 5.58 Å². The number of aromatic amines is 1. The molecule has 1 aromatic carbocycles. The third-order valence-corrected chi connectivity index (χ3v) is 4.61. The molecule has 23 heavy (non-hydrogen) atoms. The van der Waals surface area contributed by atoms with Crippen molar-refractivity contribution in [2.24, 2.45) is 0 Å². The first-order valence-corrected chi connectivity index (χ1v) is 8.13. The molecule has 0 unspecified atom stereocenters. The highest BCUT2D eigenvalue weighted by Crippen LogP contribution is 2.31. The molecule has 2 N–H and O–H groups in total. The summed E-state index contributed by atoms with van der Waals surface area (Å²) < 4.78 is 5.61. The fraction of sp³-hybridized carbons (Fsp3) is 0.333. The molecule has 2 heterocycles. The second-order valence-corrected chi connectivity index (χ2v) is 6.12. The van der Waals surface area contributed by atoms with Gasteiger partial charge in [-0.05, 0) is 30.5 Å². The van der Waals surface area contributed by atoms with E-state index in [4.69, 9.17) is 4.42 Å². The number of H-pyrrole nitrogens is 1. The first-order chi connectivity index (χ1) is 11.3. The van der Waals surface area contributed by atoms with Crippen LogP contribution in [0.15, 0.2) is 41.3 Å². The van der Waals surface area contributed by atoms with E-state index in [1.807, 2.05) is 24.4 Å². The Bertz CT molecular complexity index is 814. The minimum atomic E-state index is -0.0457. The lowest BCUT2D eigenvalue weighted by Crippen LogP contribution is -2.36. The zero-order valence-electron chi connectivity index (χ0n) is 12.8. The van der Waals surface area contributed by atoms with Gasteiger partial charge in [-0.1, -0.05) is 25.3 Å². The van der Waals surface area contributed by atoms with Crippen LogP contribution in [0, 0.1) is 0 Å². The summed E-state index contributed by atoms with van der Waals surface area (Å²) in [7, 11) is 0. The highest BCUT2D eigenvalue weighted by atomic mass is 16.3. The number of fused-ring (bicyclic) bond motifs is 1. The van der Waals surface area contributed by atoms with E-state index in [1.54, 1.807) is 12.5 Å². The Kier molecular flexibility index (Phi) is 3.61. The van der Waals surface area contributed by atoms with E-state index in [0.29, 0.717) is 11.1 Å². The molecule has 0 aliphatic heterocycles. The third kappa shape index (κ3) is 2.63. The molecule has 3 aromatic rings. The number of hydrogen-bond acceptors (Lipinski definition) is 3. The van der Waals surface area contributed by atoms with Crippen molar-refractivity contribution in [3.63, 3.8) is 0 Å². The minimum Gasteiger partial charge on any atom is -0.463 e. The van der Waals surface area contributed by atoms with Gasteiger partial charge < -0.3 is 9.73 Å². The van der Waals surface area contributed by atoms with Crippen LogP contribution >= 0.6 is 0 Å². The number of hydrogen-bond donors (Lipinski definition) is 2. The van der Waals surface area contributed by atoms with Crippen molar-refractivity contribution < 1.29 is 9.21 Å². The summed E-state index contributed by atoms with van der Waals surface area (Å²) in [5, 5.41) is 10.9. The van der Waals surface area contributed by atoms with Crippen LogP contribution in [0.5, 0.6) is 0 Å². The van der Waals surface area contributed by atoms with Gasteiger partial charge in [-0.3, -0.25) is 9.89 Å². The van der Waals surface area contributed by atoms with Crippen LogP contribution < -0.4 is 5.32 Å². The molecule has 1 fully saturated rings. The molecular weight excluding hydrogens is 290 g/mol. The summed E-state index contributed by atoms with van der Waals surface area (Å²) >= 11 is 0. The quantitative estimate of drug-likeness (QED) is 0.771. The van der Waals surface area contributed by atoms with Gasteiger partial charge >= 0.3 is 0 Å². The number of benzene rings is 1. The molecule has 0 radical (unpaired) electrons. The van der Waals surface area contributed by atoms with E-state index in [2.05, 4.69) is 15.5 Å². The predicted octanol–water partition coefficient (Wildman–Crippen LogP) is 3.89. The summed E-state index contributed by atoms with van der Waals surface area (Å²) in [5.74, 6) is -0.0457. The average molecular weight is 309 g/mol. The Morgan fingerprint density at radius 2 is 2.09 bits per heavy atom. The van der Waals surface area contributed by atoms with E-state index in [1.165, 1.54) is 19.3 Å². The van der Waals surface area contributed by atoms with Gasteiger partial charge in [0, 0.05) is 23.2 Å². The SMILES string of the molecule is O=C(NC1CCCCC1)c1ccc(-c2cn[nH]c2)c2ccoc12. The monoisotopic (exact) mass is 309 g/mol. The van der Waals surface area contributed by atoms with E-state index in [0.717, 1.165) is 29.4 Å². The summed E-state index contributed by atoms with van der Waals surface area (Å²) in [6, 6.07) is 5.98. The number of nitrogens with zero attached hydrogens (tertiary/aromatic N) is 1. The van der Waals surface area contributed by atoms with Crippen molar-refractivity contribution in [3.8, 4) is 11.1 Å². The van der Waals surface area contributed by atoms with Crippen molar-refractivity contribution in [2.75, 3.05) is 0 Å². The summed E-state index contributed by atoms with van der Waals surface area (Å²) in [6.07, 6.45) is 11.0. The maximum Gasteiger partial charge on any atom is 0.255 e. The number of carbonyl (C=O) groups is 1. The standard InChI is InChI=1S/C18H19N3O2/c22-18(21-13-4-2-1-3-5-13)16-7-6-14(12-10-19-20-11-12)15-8-9-23-17(15)16/h6-11,13H,1-5H2,(H,19,20)(H,21,22). The predicted molar refractivity (Wildman–Crippen MR) is 88.1 cm³/mol. The maximum atomic E-state index is 12.6. The number of aromatic nitrogens is 2. The van der Waals surface area contributed by atoms with Crippen LogP contribution in [0.1, 0.15) is 42.5 Å². The van der Waals surface area contributed by atoms with E-state index in [-0.39, 0.29) is 11.9 Å². The smallest absolute Gasteiger partial charge is 0.255 e. The van der Waals surface area contributed by atoms with Crippen LogP contribution in [0.25, 0.3) is 22.1 Å². The number of furan rings is 1. The highest BCUT2D eigenvalue weighted by molar-refractivity contribution is 6.08. The summed E-state index contributed by atoms with van der Waals surface area (Å²) in [6.45, 7) is 0. The lowest BCUT2D eigenvalue weighted by Gasteiger charge is -2.22. The zero-order valence-corrected chi connectivity index (χ0v) is 12.8. The molecule has 0 atom stereocenters. The number of rotatable bonds is 3. The van der Waals surface area contributed by atoms with Crippen LogP contribution in [-0.4, -0.2) is 22.1 Å². The topological polar surface area (TPSA) is 70.9 Å². The highest BCUT2D eigenvalue weighted by Gasteiger charge is 2.20. The fourth-order valence-electron chi connectivity index (χ4n) is 3.40. The average Bonchev–Trinajstić information content (AvgIpc) is 3.26. The molecule has 0 spiro atoms. The molecule has 1 saturated carbocycles. The van der Waals surface area contributed by atoms with Crippen molar-refractivity contribution in [1.82, 2.24) is 15.5 Å². The van der Waals surface area contributed by atoms with Gasteiger partial charge in [0.15, 0.2) is 0 Å². The van der Waals surface area contributed by atoms with Gasteiger partial charge in [0.2, 0.25) is 0 Å². The normalized spacial score (nSPS) is 15.8. The lowest BCUT2D eigenvalue weighted by molar-refractivity contribution is 0.0928. The van der Waals surface area contributed by atoms with Crippen LogP contribution in [-0.2, 0) is 0 Å². The van der Waals surface area contributed by atoms with Crippen molar-refractivity contribution in [1.29, 1.82) is 0 Å². The molecular formula is C18H19N3O2. The van der Waals surface area contributed by atoms with Gasteiger partial charge in [-0.25, -0.2) is 0 Å². The molecule has 5 nitrogen and oxygen atoms in total. The van der Waals surface area contributed by atoms with Crippen LogP contribution in [0.4, 0.5) is 0 Å². The van der Waals surface area contributed by atoms with Gasteiger partial charge in [-0.15, -0.1) is 0 Å². The lowest BCUT2D eigenvalue weighted by atomic mass is 9.95.